The van der Waals surface area contributed by atoms with Gasteiger partial charge in [-0.25, -0.2) is 4.98 Å². The highest BCUT2D eigenvalue weighted by molar-refractivity contribution is 5.93. The number of carbonyl (C=O) groups is 1. The van der Waals surface area contributed by atoms with Crippen molar-refractivity contribution in [2.45, 2.75) is 45.6 Å². The van der Waals surface area contributed by atoms with Gasteiger partial charge in [-0.1, -0.05) is 26.7 Å². The second-order valence-corrected chi connectivity index (χ2v) is 5.02. The first-order valence-corrected chi connectivity index (χ1v) is 7.12. The smallest absolute Gasteiger partial charge is 0.271 e. The van der Waals surface area contributed by atoms with Crippen LogP contribution in [0.5, 0.6) is 5.75 Å². The standard InChI is InChI=1S/C15H21N3O2/c1-3-5-11(6-4-2)16-15(20)13-10-18-8-7-12(19)9-14(18)17-13/h7-11,19H,3-6H2,1-2H3,(H,16,20). The predicted octanol–water partition coefficient (Wildman–Crippen LogP) is 2.74. The molecule has 2 aromatic heterocycles. The van der Waals surface area contributed by atoms with E-state index in [1.165, 1.54) is 6.07 Å². The Kier molecular flexibility index (Phi) is 4.61. The molecule has 0 saturated carbocycles. The van der Waals surface area contributed by atoms with E-state index in [0.29, 0.717) is 11.3 Å². The van der Waals surface area contributed by atoms with Crippen LogP contribution in [0.2, 0.25) is 0 Å². The van der Waals surface area contributed by atoms with Gasteiger partial charge in [0.05, 0.1) is 0 Å². The number of fused-ring (bicyclic) bond motifs is 1. The molecule has 0 bridgehead atoms. The van der Waals surface area contributed by atoms with Crippen LogP contribution in [0, 0.1) is 0 Å². The summed E-state index contributed by atoms with van der Waals surface area (Å²) >= 11 is 0. The summed E-state index contributed by atoms with van der Waals surface area (Å²) in [6, 6.07) is 3.30. The quantitative estimate of drug-likeness (QED) is 0.852. The Bertz CT molecular complexity index is 586. The summed E-state index contributed by atoms with van der Waals surface area (Å²) in [5.74, 6) is -0.00927. The summed E-state index contributed by atoms with van der Waals surface area (Å²) < 4.78 is 1.73. The number of hydrogen-bond acceptors (Lipinski definition) is 3. The number of nitrogens with zero attached hydrogens (tertiary/aromatic N) is 2. The maximum Gasteiger partial charge on any atom is 0.271 e. The molecule has 2 aromatic rings. The van der Waals surface area contributed by atoms with E-state index >= 15 is 0 Å². The minimum Gasteiger partial charge on any atom is -0.508 e. The van der Waals surface area contributed by atoms with Crippen molar-refractivity contribution in [3.8, 4) is 5.75 Å². The highest BCUT2D eigenvalue weighted by Crippen LogP contribution is 2.13. The lowest BCUT2D eigenvalue weighted by molar-refractivity contribution is 0.0928. The third-order valence-electron chi connectivity index (χ3n) is 3.29. The zero-order valence-corrected chi connectivity index (χ0v) is 12.0. The van der Waals surface area contributed by atoms with Crippen LogP contribution in [0.15, 0.2) is 24.5 Å². The van der Waals surface area contributed by atoms with Crippen LogP contribution in [0.3, 0.4) is 0 Å². The van der Waals surface area contributed by atoms with Gasteiger partial charge in [0.15, 0.2) is 0 Å². The number of hydrogen-bond donors (Lipinski definition) is 2. The number of imidazole rings is 1. The molecule has 2 heterocycles. The summed E-state index contributed by atoms with van der Waals surface area (Å²) in [6.07, 6.45) is 7.42. The van der Waals surface area contributed by atoms with Gasteiger partial charge in [-0.2, -0.15) is 0 Å². The molecule has 0 spiro atoms. The number of carbonyl (C=O) groups excluding carboxylic acids is 1. The highest BCUT2D eigenvalue weighted by Gasteiger charge is 2.15. The Morgan fingerprint density at radius 1 is 1.40 bits per heavy atom. The molecule has 0 aliphatic carbocycles. The first kappa shape index (κ1) is 14.4. The fourth-order valence-electron chi connectivity index (χ4n) is 2.33. The summed E-state index contributed by atoms with van der Waals surface area (Å²) in [7, 11) is 0. The first-order chi connectivity index (χ1) is 9.63. The lowest BCUT2D eigenvalue weighted by atomic mass is 10.1. The summed E-state index contributed by atoms with van der Waals surface area (Å²) in [6.45, 7) is 4.23. The van der Waals surface area contributed by atoms with Crippen molar-refractivity contribution in [1.82, 2.24) is 14.7 Å². The van der Waals surface area contributed by atoms with Crippen molar-refractivity contribution >= 4 is 11.6 Å². The fraction of sp³-hybridized carbons (Fsp3) is 0.467. The van der Waals surface area contributed by atoms with Crippen molar-refractivity contribution in [2.75, 3.05) is 0 Å². The normalized spacial score (nSPS) is 11.2. The van der Waals surface area contributed by atoms with E-state index in [1.807, 2.05) is 0 Å². The van der Waals surface area contributed by atoms with Gasteiger partial charge < -0.3 is 14.8 Å². The Morgan fingerprint density at radius 2 is 2.10 bits per heavy atom. The van der Waals surface area contributed by atoms with Gasteiger partial charge >= 0.3 is 0 Å². The van der Waals surface area contributed by atoms with Gasteiger partial charge in [0.25, 0.3) is 5.91 Å². The average molecular weight is 275 g/mol. The number of pyridine rings is 1. The van der Waals surface area contributed by atoms with Crippen molar-refractivity contribution < 1.29 is 9.90 Å². The number of amides is 1. The second kappa shape index (κ2) is 6.41. The molecule has 0 saturated heterocycles. The van der Waals surface area contributed by atoms with Crippen LogP contribution >= 0.6 is 0 Å². The minimum absolute atomic E-state index is 0.143. The molecule has 20 heavy (non-hydrogen) atoms. The van der Waals surface area contributed by atoms with Crippen LogP contribution in [0.1, 0.15) is 50.0 Å². The van der Waals surface area contributed by atoms with Crippen molar-refractivity contribution in [1.29, 1.82) is 0 Å². The summed E-state index contributed by atoms with van der Waals surface area (Å²) in [5, 5.41) is 12.4. The molecule has 0 aliphatic heterocycles. The molecule has 2 N–H and O–H groups in total. The van der Waals surface area contributed by atoms with Gasteiger partial charge in [-0.05, 0) is 18.9 Å². The minimum atomic E-state index is -0.153. The van der Waals surface area contributed by atoms with E-state index in [9.17, 15) is 9.90 Å². The maximum atomic E-state index is 12.2. The molecular formula is C15H21N3O2. The van der Waals surface area contributed by atoms with Crippen LogP contribution in [-0.4, -0.2) is 26.4 Å². The number of aromatic hydroxyl groups is 1. The fourth-order valence-corrected chi connectivity index (χ4v) is 2.33. The Balaban J connectivity index is 2.13. The Labute approximate surface area is 118 Å². The van der Waals surface area contributed by atoms with E-state index in [0.717, 1.165) is 25.7 Å². The monoisotopic (exact) mass is 275 g/mol. The molecule has 1 amide bonds. The van der Waals surface area contributed by atoms with Crippen LogP contribution < -0.4 is 5.32 Å². The van der Waals surface area contributed by atoms with Gasteiger partial charge in [0, 0.05) is 24.5 Å². The third kappa shape index (κ3) is 3.29. The predicted molar refractivity (Wildman–Crippen MR) is 77.9 cm³/mol. The van der Waals surface area contributed by atoms with Crippen LogP contribution in [0.25, 0.3) is 5.65 Å². The topological polar surface area (TPSA) is 66.6 Å². The molecule has 0 aromatic carbocycles. The lowest BCUT2D eigenvalue weighted by Crippen LogP contribution is -2.34. The maximum absolute atomic E-state index is 12.2. The second-order valence-electron chi connectivity index (χ2n) is 5.02. The number of nitrogens with one attached hydrogen (secondary N) is 1. The number of rotatable bonds is 6. The SMILES string of the molecule is CCCC(CCC)NC(=O)c1cn2ccc(O)cc2n1. The lowest BCUT2D eigenvalue weighted by Gasteiger charge is -2.16. The molecule has 0 aliphatic rings. The van der Waals surface area contributed by atoms with Gasteiger partial charge in [-0.3, -0.25) is 4.79 Å². The van der Waals surface area contributed by atoms with E-state index in [2.05, 4.69) is 24.1 Å². The van der Waals surface area contributed by atoms with E-state index in [1.54, 1.807) is 22.9 Å². The van der Waals surface area contributed by atoms with E-state index in [4.69, 9.17) is 0 Å². The third-order valence-corrected chi connectivity index (χ3v) is 3.29. The molecule has 5 nitrogen and oxygen atoms in total. The van der Waals surface area contributed by atoms with Gasteiger partial charge in [0.2, 0.25) is 0 Å². The molecule has 0 fully saturated rings. The van der Waals surface area contributed by atoms with Crippen molar-refractivity contribution in [2.24, 2.45) is 0 Å². The van der Waals surface area contributed by atoms with Crippen LogP contribution in [0.4, 0.5) is 0 Å². The van der Waals surface area contributed by atoms with E-state index < -0.39 is 0 Å². The summed E-state index contributed by atoms with van der Waals surface area (Å²) in [5.41, 5.74) is 0.950. The molecular weight excluding hydrogens is 254 g/mol. The largest absolute Gasteiger partial charge is 0.508 e. The molecule has 2 rings (SSSR count). The molecule has 108 valence electrons. The average Bonchev–Trinajstić information content (AvgIpc) is 2.82. The van der Waals surface area contributed by atoms with Crippen LogP contribution in [-0.2, 0) is 0 Å². The highest BCUT2D eigenvalue weighted by atomic mass is 16.3. The van der Waals surface area contributed by atoms with Crippen molar-refractivity contribution in [3.63, 3.8) is 0 Å². The molecule has 0 atom stereocenters. The molecule has 5 heteroatoms. The zero-order chi connectivity index (χ0) is 14.5. The van der Waals surface area contributed by atoms with E-state index in [-0.39, 0.29) is 17.7 Å². The van der Waals surface area contributed by atoms with Gasteiger partial charge in [-0.15, -0.1) is 0 Å². The zero-order valence-electron chi connectivity index (χ0n) is 12.0. The first-order valence-electron chi connectivity index (χ1n) is 7.12. The summed E-state index contributed by atoms with van der Waals surface area (Å²) in [4.78, 5) is 16.4. The van der Waals surface area contributed by atoms with Gasteiger partial charge in [0.1, 0.15) is 17.1 Å². The molecule has 0 unspecified atom stereocenters. The Morgan fingerprint density at radius 3 is 2.75 bits per heavy atom. The Hall–Kier alpha value is -2.04. The number of aromatic nitrogens is 2. The molecule has 0 radical (unpaired) electrons. The van der Waals surface area contributed by atoms with Crippen molar-refractivity contribution in [3.05, 3.63) is 30.2 Å².